The number of aryl methyl sites for hydroxylation is 1. The summed E-state index contributed by atoms with van der Waals surface area (Å²) in [6.45, 7) is 2.22. The average molecular weight is 285 g/mol. The highest BCUT2D eigenvalue weighted by Gasteiger charge is 2.09. The molecule has 0 amide bonds. The zero-order chi connectivity index (χ0) is 14.7. The van der Waals surface area contributed by atoms with Crippen LogP contribution in [-0.4, -0.2) is 37.3 Å². The number of rotatable bonds is 5. The zero-order valence-electron chi connectivity index (χ0n) is 11.6. The van der Waals surface area contributed by atoms with Gasteiger partial charge in [-0.1, -0.05) is 0 Å². The van der Waals surface area contributed by atoms with Crippen molar-refractivity contribution in [3.05, 3.63) is 36.7 Å². The van der Waals surface area contributed by atoms with Gasteiger partial charge in [-0.15, -0.1) is 10.2 Å². The molecular formula is C14H15N5O2. The van der Waals surface area contributed by atoms with Gasteiger partial charge >= 0.3 is 5.97 Å². The molecule has 7 heteroatoms. The molecule has 0 aliphatic carbocycles. The van der Waals surface area contributed by atoms with Crippen molar-refractivity contribution in [2.45, 2.75) is 19.8 Å². The number of carbonyl (C=O) groups is 1. The van der Waals surface area contributed by atoms with Gasteiger partial charge < -0.3 is 9.72 Å². The van der Waals surface area contributed by atoms with Crippen LogP contribution in [0.2, 0.25) is 0 Å². The van der Waals surface area contributed by atoms with Crippen LogP contribution in [0, 0.1) is 0 Å². The number of nitrogens with zero attached hydrogens (tertiary/aromatic N) is 4. The first kappa shape index (κ1) is 13.3. The van der Waals surface area contributed by atoms with Crippen LogP contribution >= 0.6 is 0 Å². The number of hydrogen-bond acceptors (Lipinski definition) is 5. The van der Waals surface area contributed by atoms with E-state index in [0.717, 1.165) is 22.3 Å². The predicted octanol–water partition coefficient (Wildman–Crippen LogP) is 1.64. The van der Waals surface area contributed by atoms with Crippen molar-refractivity contribution >= 4 is 16.9 Å². The van der Waals surface area contributed by atoms with E-state index in [4.69, 9.17) is 4.74 Å². The highest BCUT2D eigenvalue weighted by atomic mass is 16.5. The Morgan fingerprint density at radius 1 is 1.38 bits per heavy atom. The summed E-state index contributed by atoms with van der Waals surface area (Å²) in [6.07, 6.45) is 7.85. The molecule has 0 atom stereocenters. The van der Waals surface area contributed by atoms with E-state index in [2.05, 4.69) is 20.2 Å². The molecule has 0 fully saturated rings. The summed E-state index contributed by atoms with van der Waals surface area (Å²) >= 11 is 0. The maximum absolute atomic E-state index is 11.5. The van der Waals surface area contributed by atoms with Crippen LogP contribution in [-0.2, 0) is 16.0 Å². The first-order valence-electron chi connectivity index (χ1n) is 6.74. The average Bonchev–Trinajstić information content (AvgIpc) is 3.14. The van der Waals surface area contributed by atoms with Gasteiger partial charge in [0.1, 0.15) is 18.5 Å². The number of pyridine rings is 1. The molecule has 0 aliphatic rings. The van der Waals surface area contributed by atoms with Gasteiger partial charge in [-0.05, 0) is 25.0 Å². The molecule has 0 saturated heterocycles. The molecular weight excluding hydrogens is 270 g/mol. The summed E-state index contributed by atoms with van der Waals surface area (Å²) in [4.78, 5) is 19.0. The third-order valence-corrected chi connectivity index (χ3v) is 3.22. The first-order chi connectivity index (χ1) is 10.3. The fourth-order valence-corrected chi connectivity index (χ4v) is 2.20. The first-order valence-corrected chi connectivity index (χ1v) is 6.74. The van der Waals surface area contributed by atoms with Crippen LogP contribution in [0.4, 0.5) is 0 Å². The number of fused-ring (bicyclic) bond motifs is 1. The number of esters is 1. The van der Waals surface area contributed by atoms with Crippen LogP contribution in [0.15, 0.2) is 31.1 Å². The third-order valence-electron chi connectivity index (χ3n) is 3.22. The SMILES string of the molecule is CCOC(=O)CCc1c[nH]c2cnc(-n3cnnc3)cc12. The van der Waals surface area contributed by atoms with Gasteiger partial charge in [0, 0.05) is 18.0 Å². The van der Waals surface area contributed by atoms with Gasteiger partial charge in [-0.25, -0.2) is 4.98 Å². The molecule has 1 N–H and O–H groups in total. The highest BCUT2D eigenvalue weighted by molar-refractivity contribution is 5.84. The lowest BCUT2D eigenvalue weighted by molar-refractivity contribution is -0.143. The maximum atomic E-state index is 11.5. The van der Waals surface area contributed by atoms with Gasteiger partial charge in [0.15, 0.2) is 0 Å². The summed E-state index contributed by atoms with van der Waals surface area (Å²) < 4.78 is 6.69. The van der Waals surface area contributed by atoms with Gasteiger partial charge in [0.25, 0.3) is 0 Å². The van der Waals surface area contributed by atoms with Crippen molar-refractivity contribution in [2.75, 3.05) is 6.61 Å². The predicted molar refractivity (Wildman–Crippen MR) is 76.0 cm³/mol. The molecule has 21 heavy (non-hydrogen) atoms. The quantitative estimate of drug-likeness (QED) is 0.720. The molecule has 0 bridgehead atoms. The van der Waals surface area contributed by atoms with Crippen LogP contribution in [0.3, 0.4) is 0 Å². The second-order valence-electron chi connectivity index (χ2n) is 4.58. The minimum atomic E-state index is -0.181. The largest absolute Gasteiger partial charge is 0.466 e. The second-order valence-corrected chi connectivity index (χ2v) is 4.58. The minimum absolute atomic E-state index is 0.181. The number of H-pyrrole nitrogens is 1. The highest BCUT2D eigenvalue weighted by Crippen LogP contribution is 2.21. The van der Waals surface area contributed by atoms with Crippen molar-refractivity contribution in [3.63, 3.8) is 0 Å². The Morgan fingerprint density at radius 2 is 2.19 bits per heavy atom. The second kappa shape index (κ2) is 5.74. The molecule has 0 unspecified atom stereocenters. The van der Waals surface area contributed by atoms with Crippen molar-refractivity contribution in [2.24, 2.45) is 0 Å². The van der Waals surface area contributed by atoms with E-state index in [1.165, 1.54) is 0 Å². The van der Waals surface area contributed by atoms with Crippen LogP contribution in [0.1, 0.15) is 18.9 Å². The normalized spacial score (nSPS) is 10.9. The summed E-state index contributed by atoms with van der Waals surface area (Å²) in [6, 6.07) is 1.95. The number of carbonyl (C=O) groups excluding carboxylic acids is 1. The minimum Gasteiger partial charge on any atom is -0.466 e. The smallest absolute Gasteiger partial charge is 0.306 e. The molecule has 7 nitrogen and oxygen atoms in total. The molecule has 3 rings (SSSR count). The Morgan fingerprint density at radius 3 is 2.95 bits per heavy atom. The summed E-state index contributed by atoms with van der Waals surface area (Å²) in [5, 5.41) is 8.59. The van der Waals surface area contributed by atoms with E-state index in [9.17, 15) is 4.79 Å². The molecule has 3 aromatic rings. The number of hydrogen-bond donors (Lipinski definition) is 1. The Labute approximate surface area is 121 Å². The van der Waals surface area contributed by atoms with Crippen molar-refractivity contribution in [3.8, 4) is 5.82 Å². The van der Waals surface area contributed by atoms with E-state index in [0.29, 0.717) is 19.4 Å². The maximum Gasteiger partial charge on any atom is 0.306 e. The molecule has 0 aromatic carbocycles. The van der Waals surface area contributed by atoms with Crippen LogP contribution in [0.25, 0.3) is 16.7 Å². The lowest BCUT2D eigenvalue weighted by Gasteiger charge is -2.03. The van der Waals surface area contributed by atoms with E-state index in [-0.39, 0.29) is 5.97 Å². The number of nitrogens with one attached hydrogen (secondary N) is 1. The molecule has 0 saturated carbocycles. The summed E-state index contributed by atoms with van der Waals surface area (Å²) in [5.74, 6) is 0.560. The molecule has 3 heterocycles. The standard InChI is InChI=1S/C14H15N5O2/c1-2-21-14(20)4-3-10-6-15-12-7-16-13(5-11(10)12)19-8-17-18-9-19/h5-9,15H,2-4H2,1H3. The van der Waals surface area contributed by atoms with E-state index in [1.807, 2.05) is 12.3 Å². The zero-order valence-corrected chi connectivity index (χ0v) is 11.6. The van der Waals surface area contributed by atoms with Crippen LogP contribution < -0.4 is 0 Å². The van der Waals surface area contributed by atoms with E-state index in [1.54, 1.807) is 30.3 Å². The van der Waals surface area contributed by atoms with E-state index < -0.39 is 0 Å². The number of aromatic amines is 1. The number of aromatic nitrogens is 5. The summed E-state index contributed by atoms with van der Waals surface area (Å²) in [5.41, 5.74) is 2.00. The Kier molecular flexibility index (Phi) is 3.63. The third kappa shape index (κ3) is 2.76. The van der Waals surface area contributed by atoms with Gasteiger partial charge in [-0.3, -0.25) is 9.36 Å². The van der Waals surface area contributed by atoms with Gasteiger partial charge in [0.05, 0.1) is 18.3 Å². The van der Waals surface area contributed by atoms with E-state index >= 15 is 0 Å². The lowest BCUT2D eigenvalue weighted by Crippen LogP contribution is -2.05. The van der Waals surface area contributed by atoms with Crippen molar-refractivity contribution in [1.82, 2.24) is 24.7 Å². The Bertz CT molecular complexity index is 748. The molecule has 3 aromatic heterocycles. The Balaban J connectivity index is 1.86. The van der Waals surface area contributed by atoms with Crippen molar-refractivity contribution in [1.29, 1.82) is 0 Å². The molecule has 0 spiro atoms. The summed E-state index contributed by atoms with van der Waals surface area (Å²) in [7, 11) is 0. The fraction of sp³-hybridized carbons (Fsp3) is 0.286. The Hall–Kier alpha value is -2.70. The monoisotopic (exact) mass is 285 g/mol. The molecule has 108 valence electrons. The van der Waals surface area contributed by atoms with Crippen LogP contribution in [0.5, 0.6) is 0 Å². The van der Waals surface area contributed by atoms with Crippen molar-refractivity contribution < 1.29 is 9.53 Å². The van der Waals surface area contributed by atoms with Gasteiger partial charge in [0.2, 0.25) is 0 Å². The fourth-order valence-electron chi connectivity index (χ4n) is 2.20. The molecule has 0 radical (unpaired) electrons. The number of ether oxygens (including phenoxy) is 1. The topological polar surface area (TPSA) is 85.7 Å². The van der Waals surface area contributed by atoms with Gasteiger partial charge in [-0.2, -0.15) is 0 Å². The lowest BCUT2D eigenvalue weighted by atomic mass is 10.1. The molecule has 0 aliphatic heterocycles.